The molecule has 1 aromatic carbocycles. The lowest BCUT2D eigenvalue weighted by Gasteiger charge is -2.04. The van der Waals surface area contributed by atoms with Crippen LogP contribution >= 0.6 is 34.5 Å². The van der Waals surface area contributed by atoms with Gasteiger partial charge < -0.3 is 5.11 Å². The summed E-state index contributed by atoms with van der Waals surface area (Å²) in [5.41, 5.74) is 1.24. The summed E-state index contributed by atoms with van der Waals surface area (Å²) in [5.74, 6) is -1.82. The standard InChI is InChI=1S/C15H13Cl2NO3S/c1-8(15(20)21)5-10(19)6-9-7-22-14(18-9)13-11(16)3-2-4-12(13)17/h2-4,7-8H,5-6H2,1H3,(H,20,21)/t8-/m1/s1. The van der Waals surface area contributed by atoms with Gasteiger partial charge in [-0.1, -0.05) is 36.2 Å². The van der Waals surface area contributed by atoms with Crippen LogP contribution in [0.4, 0.5) is 0 Å². The van der Waals surface area contributed by atoms with E-state index in [9.17, 15) is 9.59 Å². The first-order chi connectivity index (χ1) is 10.4. The van der Waals surface area contributed by atoms with Crippen molar-refractivity contribution in [1.29, 1.82) is 0 Å². The average Bonchev–Trinajstić information content (AvgIpc) is 2.86. The molecule has 4 nitrogen and oxygen atoms in total. The van der Waals surface area contributed by atoms with E-state index in [-0.39, 0.29) is 18.6 Å². The van der Waals surface area contributed by atoms with Gasteiger partial charge in [0.1, 0.15) is 10.8 Å². The molecule has 2 rings (SSSR count). The van der Waals surface area contributed by atoms with Gasteiger partial charge in [-0.3, -0.25) is 9.59 Å². The summed E-state index contributed by atoms with van der Waals surface area (Å²) in [6.07, 6.45) is 0.102. The van der Waals surface area contributed by atoms with Crippen LogP contribution in [0.2, 0.25) is 10.0 Å². The topological polar surface area (TPSA) is 67.3 Å². The number of ketones is 1. The molecule has 116 valence electrons. The summed E-state index contributed by atoms with van der Waals surface area (Å²) >= 11 is 13.6. The van der Waals surface area contributed by atoms with Gasteiger partial charge in [0, 0.05) is 23.8 Å². The fourth-order valence-corrected chi connectivity index (χ4v) is 3.49. The number of carboxylic acids is 1. The van der Waals surface area contributed by atoms with Crippen LogP contribution in [0.1, 0.15) is 19.0 Å². The van der Waals surface area contributed by atoms with Crippen LogP contribution in [0, 0.1) is 5.92 Å². The number of hydrogen-bond donors (Lipinski definition) is 1. The minimum atomic E-state index is -0.977. The minimum Gasteiger partial charge on any atom is -0.481 e. The number of carboxylic acid groups (broad SMARTS) is 1. The van der Waals surface area contributed by atoms with E-state index in [2.05, 4.69) is 4.98 Å². The molecule has 0 aliphatic carbocycles. The Labute approximate surface area is 141 Å². The van der Waals surface area contributed by atoms with Gasteiger partial charge in [-0.2, -0.15) is 0 Å². The van der Waals surface area contributed by atoms with E-state index in [1.165, 1.54) is 18.3 Å². The molecule has 0 fully saturated rings. The summed E-state index contributed by atoms with van der Waals surface area (Å²) in [4.78, 5) is 27.0. The third kappa shape index (κ3) is 4.06. The number of aromatic nitrogens is 1. The fraction of sp³-hybridized carbons (Fsp3) is 0.267. The Kier molecular flexibility index (Phi) is 5.56. The molecule has 0 spiro atoms. The molecule has 1 N–H and O–H groups in total. The number of carbonyl (C=O) groups is 2. The van der Waals surface area contributed by atoms with Crippen molar-refractivity contribution in [2.24, 2.45) is 5.92 Å². The van der Waals surface area contributed by atoms with E-state index in [1.807, 2.05) is 0 Å². The molecule has 2 aromatic rings. The highest BCUT2D eigenvalue weighted by Gasteiger charge is 2.18. The largest absolute Gasteiger partial charge is 0.481 e. The Morgan fingerprint density at radius 2 is 1.95 bits per heavy atom. The number of Topliss-reactive ketones (excluding diaryl/α,β-unsaturated/α-hetero) is 1. The summed E-state index contributed by atoms with van der Waals surface area (Å²) in [6, 6.07) is 5.20. The van der Waals surface area contributed by atoms with Gasteiger partial charge in [0.15, 0.2) is 0 Å². The van der Waals surface area contributed by atoms with E-state index in [0.29, 0.717) is 26.3 Å². The van der Waals surface area contributed by atoms with E-state index in [0.717, 1.165) is 0 Å². The number of nitrogens with zero attached hydrogens (tertiary/aromatic N) is 1. The molecule has 1 aromatic heterocycles. The van der Waals surface area contributed by atoms with Crippen LogP contribution in [0.3, 0.4) is 0 Å². The molecule has 0 aliphatic rings. The van der Waals surface area contributed by atoms with Crippen LogP contribution in [0.5, 0.6) is 0 Å². The Morgan fingerprint density at radius 3 is 2.55 bits per heavy atom. The third-order valence-corrected chi connectivity index (χ3v) is 4.60. The third-order valence-electron chi connectivity index (χ3n) is 3.06. The Morgan fingerprint density at radius 1 is 1.32 bits per heavy atom. The van der Waals surface area contributed by atoms with Crippen molar-refractivity contribution in [2.75, 3.05) is 0 Å². The first-order valence-electron chi connectivity index (χ1n) is 6.51. The predicted octanol–water partition coefficient (Wildman–Crippen LogP) is 4.34. The number of benzene rings is 1. The molecule has 0 amide bonds. The molecule has 7 heteroatoms. The van der Waals surface area contributed by atoms with Gasteiger partial charge in [0.25, 0.3) is 0 Å². The zero-order valence-corrected chi connectivity index (χ0v) is 14.0. The molecular formula is C15H13Cl2NO3S. The van der Waals surface area contributed by atoms with Crippen molar-refractivity contribution in [3.63, 3.8) is 0 Å². The number of aliphatic carboxylic acids is 1. The van der Waals surface area contributed by atoms with Gasteiger partial charge in [-0.15, -0.1) is 11.3 Å². The Bertz CT molecular complexity index is 694. The average molecular weight is 358 g/mol. The van der Waals surface area contributed by atoms with Crippen LogP contribution in [0.25, 0.3) is 10.6 Å². The van der Waals surface area contributed by atoms with E-state index < -0.39 is 11.9 Å². The molecule has 1 heterocycles. The zero-order valence-electron chi connectivity index (χ0n) is 11.7. The second kappa shape index (κ2) is 7.22. The van der Waals surface area contributed by atoms with Gasteiger partial charge in [-0.25, -0.2) is 4.98 Å². The molecule has 0 bridgehead atoms. The normalized spacial score (nSPS) is 12.1. The first kappa shape index (κ1) is 16.9. The highest BCUT2D eigenvalue weighted by Crippen LogP contribution is 2.36. The minimum absolute atomic E-state index is 0.00492. The summed E-state index contributed by atoms with van der Waals surface area (Å²) in [5, 5.41) is 12.2. The fourth-order valence-electron chi connectivity index (χ4n) is 1.91. The number of thiazole rings is 1. The van der Waals surface area contributed by atoms with Crippen molar-refractivity contribution in [2.45, 2.75) is 19.8 Å². The van der Waals surface area contributed by atoms with Crippen molar-refractivity contribution in [3.8, 4) is 10.6 Å². The lowest BCUT2D eigenvalue weighted by molar-refractivity contribution is -0.143. The summed E-state index contributed by atoms with van der Waals surface area (Å²) < 4.78 is 0. The molecule has 0 aliphatic heterocycles. The number of hydrogen-bond acceptors (Lipinski definition) is 4. The molecular weight excluding hydrogens is 345 g/mol. The first-order valence-corrected chi connectivity index (χ1v) is 8.15. The lowest BCUT2D eigenvalue weighted by Crippen LogP contribution is -2.16. The van der Waals surface area contributed by atoms with Crippen LogP contribution in [-0.4, -0.2) is 21.8 Å². The zero-order chi connectivity index (χ0) is 16.3. The van der Waals surface area contributed by atoms with E-state index in [1.54, 1.807) is 23.6 Å². The van der Waals surface area contributed by atoms with E-state index >= 15 is 0 Å². The predicted molar refractivity (Wildman–Crippen MR) is 87.7 cm³/mol. The second-order valence-electron chi connectivity index (χ2n) is 4.90. The second-order valence-corrected chi connectivity index (χ2v) is 6.57. The quantitative estimate of drug-likeness (QED) is 0.834. The SMILES string of the molecule is C[C@H](CC(=O)Cc1csc(-c2c(Cl)cccc2Cl)n1)C(=O)O. The molecule has 0 unspecified atom stereocenters. The number of rotatable bonds is 6. The molecule has 0 saturated heterocycles. The molecule has 0 saturated carbocycles. The van der Waals surface area contributed by atoms with Crippen LogP contribution in [0.15, 0.2) is 23.6 Å². The van der Waals surface area contributed by atoms with Crippen molar-refractivity contribution in [1.82, 2.24) is 4.98 Å². The van der Waals surface area contributed by atoms with E-state index in [4.69, 9.17) is 28.3 Å². The summed E-state index contributed by atoms with van der Waals surface area (Å²) in [7, 11) is 0. The van der Waals surface area contributed by atoms with Crippen molar-refractivity contribution >= 4 is 46.3 Å². The molecule has 0 radical (unpaired) electrons. The molecule has 1 atom stereocenters. The van der Waals surface area contributed by atoms with Gasteiger partial charge in [-0.05, 0) is 12.1 Å². The number of halogens is 2. The maximum absolute atomic E-state index is 11.9. The smallest absolute Gasteiger partial charge is 0.306 e. The summed E-state index contributed by atoms with van der Waals surface area (Å²) in [6.45, 7) is 1.51. The Hall–Kier alpha value is -1.43. The van der Waals surface area contributed by atoms with Crippen LogP contribution in [-0.2, 0) is 16.0 Å². The van der Waals surface area contributed by atoms with Crippen molar-refractivity contribution in [3.05, 3.63) is 39.3 Å². The van der Waals surface area contributed by atoms with Gasteiger partial charge >= 0.3 is 5.97 Å². The maximum Gasteiger partial charge on any atom is 0.306 e. The highest BCUT2D eigenvalue weighted by molar-refractivity contribution is 7.13. The lowest BCUT2D eigenvalue weighted by atomic mass is 10.0. The van der Waals surface area contributed by atoms with Crippen LogP contribution < -0.4 is 0 Å². The van der Waals surface area contributed by atoms with Gasteiger partial charge in [0.2, 0.25) is 0 Å². The van der Waals surface area contributed by atoms with Gasteiger partial charge in [0.05, 0.1) is 21.7 Å². The maximum atomic E-state index is 11.9. The van der Waals surface area contributed by atoms with Crippen molar-refractivity contribution < 1.29 is 14.7 Å². The Balaban J connectivity index is 2.12. The monoisotopic (exact) mass is 357 g/mol. The molecule has 22 heavy (non-hydrogen) atoms. The number of carbonyl (C=O) groups excluding carboxylic acids is 1. The highest BCUT2D eigenvalue weighted by atomic mass is 35.5.